The fraction of sp³-hybridized carbons (Fsp3) is 0.421. The van der Waals surface area contributed by atoms with Crippen molar-refractivity contribution in [2.45, 2.75) is 39.8 Å². The number of benzene rings is 1. The van der Waals surface area contributed by atoms with Crippen LogP contribution in [0.25, 0.3) is 0 Å². The zero-order valence-corrected chi connectivity index (χ0v) is 14.5. The lowest BCUT2D eigenvalue weighted by atomic mass is 9.73. The first kappa shape index (κ1) is 17.2. The fourth-order valence-electron chi connectivity index (χ4n) is 3.32. The first-order chi connectivity index (χ1) is 12.0. The Bertz CT molecular complexity index is 783. The average Bonchev–Trinajstić information content (AvgIpc) is 2.78. The number of hydrogen-bond acceptors (Lipinski definition) is 3. The molecule has 2 aromatic rings. The van der Waals surface area contributed by atoms with Crippen molar-refractivity contribution in [1.29, 1.82) is 0 Å². The number of aliphatic carboxylic acids is 1. The number of nitrogens with zero attached hydrogens (tertiary/aromatic N) is 2. The molecule has 6 nitrogen and oxygen atoms in total. The predicted molar refractivity (Wildman–Crippen MR) is 92.9 cm³/mol. The third-order valence-corrected chi connectivity index (χ3v) is 5.07. The molecule has 1 aliphatic rings. The Balaban J connectivity index is 1.65. The number of carboxylic acid groups (broad SMARTS) is 1. The molecule has 0 radical (unpaired) electrons. The Morgan fingerprint density at radius 2 is 1.88 bits per heavy atom. The lowest BCUT2D eigenvalue weighted by Gasteiger charge is -2.31. The summed E-state index contributed by atoms with van der Waals surface area (Å²) in [6.07, 6.45) is 1.23. The molecular formula is C19H23N3O3. The smallest absolute Gasteiger partial charge is 0.307 e. The van der Waals surface area contributed by atoms with E-state index < -0.39 is 17.8 Å². The summed E-state index contributed by atoms with van der Waals surface area (Å²) >= 11 is 0. The van der Waals surface area contributed by atoms with Crippen LogP contribution in [0.5, 0.6) is 0 Å². The minimum Gasteiger partial charge on any atom is -0.481 e. The molecule has 0 bridgehead atoms. The topological polar surface area (TPSA) is 84.2 Å². The monoisotopic (exact) mass is 341 g/mol. The first-order valence-electron chi connectivity index (χ1n) is 8.54. The van der Waals surface area contributed by atoms with E-state index in [1.165, 1.54) is 5.56 Å². The largest absolute Gasteiger partial charge is 0.481 e. The summed E-state index contributed by atoms with van der Waals surface area (Å²) in [6.45, 7) is 4.99. The van der Waals surface area contributed by atoms with Crippen LogP contribution in [0.15, 0.2) is 30.3 Å². The van der Waals surface area contributed by atoms with Crippen LogP contribution in [0.1, 0.15) is 35.4 Å². The number of hydrogen-bond donors (Lipinski definition) is 2. The molecule has 132 valence electrons. The van der Waals surface area contributed by atoms with Crippen molar-refractivity contribution < 1.29 is 14.7 Å². The number of carboxylic acids is 1. The van der Waals surface area contributed by atoms with Crippen LogP contribution in [0.3, 0.4) is 0 Å². The van der Waals surface area contributed by atoms with Crippen molar-refractivity contribution in [3.8, 4) is 0 Å². The summed E-state index contributed by atoms with van der Waals surface area (Å²) in [5.74, 6) is -2.00. The van der Waals surface area contributed by atoms with Gasteiger partial charge in [-0.2, -0.15) is 5.10 Å². The Kier molecular flexibility index (Phi) is 4.88. The van der Waals surface area contributed by atoms with Gasteiger partial charge < -0.3 is 10.4 Å². The SMILES string of the molecule is Cc1nn(Cc2ccccc2)c(C)c1CNC(=O)C1CCC1C(=O)O. The maximum absolute atomic E-state index is 12.2. The zero-order valence-electron chi connectivity index (χ0n) is 14.5. The van der Waals surface area contributed by atoms with Gasteiger partial charge in [0.05, 0.1) is 24.1 Å². The van der Waals surface area contributed by atoms with E-state index in [4.69, 9.17) is 5.11 Å². The number of carbonyl (C=O) groups excluding carboxylic acids is 1. The summed E-state index contributed by atoms with van der Waals surface area (Å²) in [7, 11) is 0. The number of nitrogens with one attached hydrogen (secondary N) is 1. The molecule has 2 unspecified atom stereocenters. The highest BCUT2D eigenvalue weighted by molar-refractivity contribution is 5.86. The molecule has 1 aliphatic carbocycles. The molecule has 1 amide bonds. The molecule has 1 fully saturated rings. The Morgan fingerprint density at radius 3 is 2.48 bits per heavy atom. The average molecular weight is 341 g/mol. The van der Waals surface area contributed by atoms with E-state index in [1.807, 2.05) is 36.7 Å². The van der Waals surface area contributed by atoms with Crippen molar-refractivity contribution in [1.82, 2.24) is 15.1 Å². The molecule has 0 aliphatic heterocycles. The Labute approximate surface area is 146 Å². The van der Waals surface area contributed by atoms with Gasteiger partial charge in [0.2, 0.25) is 5.91 Å². The van der Waals surface area contributed by atoms with Crippen LogP contribution in [0.4, 0.5) is 0 Å². The third kappa shape index (κ3) is 3.57. The van der Waals surface area contributed by atoms with E-state index in [0.717, 1.165) is 17.0 Å². The number of aromatic nitrogens is 2. The molecular weight excluding hydrogens is 318 g/mol. The van der Waals surface area contributed by atoms with E-state index in [9.17, 15) is 9.59 Å². The first-order valence-corrected chi connectivity index (χ1v) is 8.54. The Hall–Kier alpha value is -2.63. The number of rotatable bonds is 6. The molecule has 0 saturated heterocycles. The van der Waals surface area contributed by atoms with Gasteiger partial charge in [0.1, 0.15) is 0 Å². The number of amides is 1. The van der Waals surface area contributed by atoms with Gasteiger partial charge in [-0.15, -0.1) is 0 Å². The van der Waals surface area contributed by atoms with Crippen LogP contribution >= 0.6 is 0 Å². The molecule has 2 N–H and O–H groups in total. The van der Waals surface area contributed by atoms with Gasteiger partial charge in [-0.1, -0.05) is 30.3 Å². The molecule has 2 atom stereocenters. The van der Waals surface area contributed by atoms with Gasteiger partial charge in [-0.25, -0.2) is 0 Å². The van der Waals surface area contributed by atoms with Crippen LogP contribution in [0, 0.1) is 25.7 Å². The molecule has 1 aromatic heterocycles. The van der Waals surface area contributed by atoms with Crippen molar-refractivity contribution in [3.05, 3.63) is 52.8 Å². The zero-order chi connectivity index (χ0) is 18.0. The summed E-state index contributed by atoms with van der Waals surface area (Å²) in [5, 5.41) is 16.5. The van der Waals surface area contributed by atoms with E-state index in [1.54, 1.807) is 0 Å². The lowest BCUT2D eigenvalue weighted by molar-refractivity contribution is -0.152. The Morgan fingerprint density at radius 1 is 1.20 bits per heavy atom. The van der Waals surface area contributed by atoms with E-state index in [0.29, 0.717) is 25.9 Å². The van der Waals surface area contributed by atoms with Crippen LogP contribution in [-0.2, 0) is 22.7 Å². The summed E-state index contributed by atoms with van der Waals surface area (Å²) in [5.41, 5.74) is 4.07. The van der Waals surface area contributed by atoms with Crippen LogP contribution in [-0.4, -0.2) is 26.8 Å². The van der Waals surface area contributed by atoms with Crippen molar-refractivity contribution in [2.75, 3.05) is 0 Å². The summed E-state index contributed by atoms with van der Waals surface area (Å²) < 4.78 is 1.94. The molecule has 0 spiro atoms. The molecule has 6 heteroatoms. The maximum atomic E-state index is 12.2. The van der Waals surface area contributed by atoms with Crippen molar-refractivity contribution in [2.24, 2.45) is 11.8 Å². The van der Waals surface area contributed by atoms with E-state index in [-0.39, 0.29) is 5.91 Å². The second-order valence-electron chi connectivity index (χ2n) is 6.64. The highest BCUT2D eigenvalue weighted by atomic mass is 16.4. The maximum Gasteiger partial charge on any atom is 0.307 e. The second kappa shape index (κ2) is 7.09. The highest BCUT2D eigenvalue weighted by Gasteiger charge is 2.41. The van der Waals surface area contributed by atoms with E-state index in [2.05, 4.69) is 22.5 Å². The second-order valence-corrected chi connectivity index (χ2v) is 6.64. The van der Waals surface area contributed by atoms with Crippen molar-refractivity contribution >= 4 is 11.9 Å². The van der Waals surface area contributed by atoms with Gasteiger partial charge in [0.25, 0.3) is 0 Å². The van der Waals surface area contributed by atoms with Gasteiger partial charge >= 0.3 is 5.97 Å². The third-order valence-electron chi connectivity index (χ3n) is 5.07. The standard InChI is InChI=1S/C19H23N3O3/c1-12-17(10-20-18(23)15-8-9-16(15)19(24)25)13(2)22(21-12)11-14-6-4-3-5-7-14/h3-7,15-16H,8-11H2,1-2H3,(H,20,23)(H,24,25). The van der Waals surface area contributed by atoms with Crippen molar-refractivity contribution in [3.63, 3.8) is 0 Å². The minimum absolute atomic E-state index is 0.173. The van der Waals surface area contributed by atoms with E-state index >= 15 is 0 Å². The quantitative estimate of drug-likeness (QED) is 0.844. The summed E-state index contributed by atoms with van der Waals surface area (Å²) in [6, 6.07) is 10.1. The minimum atomic E-state index is -0.880. The molecule has 25 heavy (non-hydrogen) atoms. The van der Waals surface area contributed by atoms with Gasteiger partial charge in [-0.3, -0.25) is 14.3 Å². The normalized spacial score (nSPS) is 19.3. The van der Waals surface area contributed by atoms with Gasteiger partial charge in [0.15, 0.2) is 0 Å². The molecule has 3 rings (SSSR count). The van der Waals surface area contributed by atoms with Crippen LogP contribution in [0.2, 0.25) is 0 Å². The van der Waals surface area contributed by atoms with Crippen LogP contribution < -0.4 is 5.32 Å². The lowest BCUT2D eigenvalue weighted by Crippen LogP contribution is -2.43. The number of carbonyl (C=O) groups is 2. The summed E-state index contributed by atoms with van der Waals surface area (Å²) in [4.78, 5) is 23.3. The predicted octanol–water partition coefficient (Wildman–Crippen LogP) is 2.28. The number of aryl methyl sites for hydroxylation is 1. The highest BCUT2D eigenvalue weighted by Crippen LogP contribution is 2.34. The molecule has 1 aromatic carbocycles. The molecule has 1 heterocycles. The van der Waals surface area contributed by atoms with Gasteiger partial charge in [0, 0.05) is 17.8 Å². The van der Waals surface area contributed by atoms with Gasteiger partial charge in [-0.05, 0) is 32.3 Å². The molecule has 1 saturated carbocycles. The fourth-order valence-corrected chi connectivity index (χ4v) is 3.32.